The number of benzene rings is 2. The van der Waals surface area contributed by atoms with Gasteiger partial charge >= 0.3 is 0 Å². The number of para-hydroxylation sites is 2. The van der Waals surface area contributed by atoms with Crippen LogP contribution in [0.25, 0.3) is 0 Å². The molecule has 4 rings (SSSR count). The molecule has 2 aromatic carbocycles. The summed E-state index contributed by atoms with van der Waals surface area (Å²) in [4.78, 5) is 19.6. The number of nitrogens with one attached hydrogen (secondary N) is 2. The Morgan fingerprint density at radius 3 is 2.68 bits per heavy atom. The average Bonchev–Trinajstić information content (AvgIpc) is 2.81. The summed E-state index contributed by atoms with van der Waals surface area (Å²) in [6.45, 7) is 3.03. The van der Waals surface area contributed by atoms with Crippen molar-refractivity contribution in [1.82, 2.24) is 4.98 Å². The van der Waals surface area contributed by atoms with Crippen LogP contribution in [0, 0.1) is 0 Å². The number of amides is 1. The van der Waals surface area contributed by atoms with Gasteiger partial charge in [-0.2, -0.15) is 0 Å². The van der Waals surface area contributed by atoms with Crippen LogP contribution in [0.5, 0.6) is 5.75 Å². The normalized spacial score (nSPS) is 13.5. The average molecular weight is 439 g/mol. The number of hydrogen-bond acceptors (Lipinski definition) is 6. The molecule has 0 atom stereocenters. The van der Waals surface area contributed by atoms with Crippen LogP contribution in [-0.4, -0.2) is 44.3 Å². The summed E-state index contributed by atoms with van der Waals surface area (Å²) in [5.41, 5.74) is 2.86. The number of aromatic nitrogens is 1. The number of methoxy groups -OCH3 is 1. The number of pyridine rings is 1. The lowest BCUT2D eigenvalue weighted by molar-refractivity contribution is 0.102. The molecule has 2 heterocycles. The van der Waals surface area contributed by atoms with E-state index in [9.17, 15) is 4.79 Å². The fourth-order valence-electron chi connectivity index (χ4n) is 3.44. The quantitative estimate of drug-likeness (QED) is 0.587. The summed E-state index contributed by atoms with van der Waals surface area (Å²) in [6.07, 6.45) is 1.68. The van der Waals surface area contributed by atoms with Crippen molar-refractivity contribution in [3.8, 4) is 5.75 Å². The van der Waals surface area contributed by atoms with Crippen LogP contribution in [0.15, 0.2) is 60.8 Å². The van der Waals surface area contributed by atoms with Crippen LogP contribution in [-0.2, 0) is 4.74 Å². The Kier molecular flexibility index (Phi) is 6.54. The fraction of sp³-hybridized carbons (Fsp3) is 0.217. The minimum Gasteiger partial charge on any atom is -0.496 e. The van der Waals surface area contributed by atoms with Crippen molar-refractivity contribution >= 4 is 40.4 Å². The summed E-state index contributed by atoms with van der Waals surface area (Å²) >= 11 is 6.08. The van der Waals surface area contributed by atoms with Gasteiger partial charge < -0.3 is 25.0 Å². The van der Waals surface area contributed by atoms with Gasteiger partial charge in [0, 0.05) is 24.3 Å². The number of carbonyl (C=O) groups is 1. The highest BCUT2D eigenvalue weighted by Crippen LogP contribution is 2.32. The van der Waals surface area contributed by atoms with E-state index in [4.69, 9.17) is 21.1 Å². The van der Waals surface area contributed by atoms with E-state index in [0.29, 0.717) is 41.1 Å². The number of halogens is 1. The smallest absolute Gasteiger partial charge is 0.259 e. The predicted octanol–water partition coefficient (Wildman–Crippen LogP) is 4.58. The molecular weight excluding hydrogens is 416 g/mol. The SMILES string of the molecule is COc1ccc(Cl)cc1C(=O)Nc1cccnc1Nc1ccccc1N1CCOCC1. The van der Waals surface area contributed by atoms with Gasteiger partial charge in [0.2, 0.25) is 0 Å². The van der Waals surface area contributed by atoms with Gasteiger partial charge in [0.25, 0.3) is 5.91 Å². The Balaban J connectivity index is 1.59. The summed E-state index contributed by atoms with van der Waals surface area (Å²) < 4.78 is 10.8. The molecule has 0 unspecified atom stereocenters. The van der Waals surface area contributed by atoms with Gasteiger partial charge in [-0.3, -0.25) is 4.79 Å². The minimum atomic E-state index is -0.336. The van der Waals surface area contributed by atoms with Gasteiger partial charge in [-0.05, 0) is 42.5 Å². The van der Waals surface area contributed by atoms with Crippen molar-refractivity contribution in [2.75, 3.05) is 48.9 Å². The predicted molar refractivity (Wildman–Crippen MR) is 123 cm³/mol. The molecule has 8 heteroatoms. The molecule has 0 radical (unpaired) electrons. The minimum absolute atomic E-state index is 0.336. The van der Waals surface area contributed by atoms with E-state index in [1.165, 1.54) is 7.11 Å². The van der Waals surface area contributed by atoms with Crippen molar-refractivity contribution in [2.24, 2.45) is 0 Å². The van der Waals surface area contributed by atoms with Gasteiger partial charge in [0.1, 0.15) is 5.75 Å². The number of carbonyl (C=O) groups excluding carboxylic acids is 1. The van der Waals surface area contributed by atoms with E-state index in [-0.39, 0.29) is 5.91 Å². The monoisotopic (exact) mass is 438 g/mol. The van der Waals surface area contributed by atoms with Crippen molar-refractivity contribution < 1.29 is 14.3 Å². The van der Waals surface area contributed by atoms with Gasteiger partial charge in [-0.25, -0.2) is 4.98 Å². The van der Waals surface area contributed by atoms with Crippen molar-refractivity contribution in [3.63, 3.8) is 0 Å². The molecular formula is C23H23ClN4O3. The number of ether oxygens (including phenoxy) is 2. The summed E-state index contributed by atoms with van der Waals surface area (Å²) in [5, 5.41) is 6.74. The molecule has 1 aliphatic heterocycles. The molecule has 0 bridgehead atoms. The van der Waals surface area contributed by atoms with E-state index in [1.807, 2.05) is 18.2 Å². The Morgan fingerprint density at radius 2 is 1.87 bits per heavy atom. The van der Waals surface area contributed by atoms with Gasteiger partial charge in [0.15, 0.2) is 5.82 Å². The first kappa shape index (κ1) is 21.0. The zero-order valence-corrected chi connectivity index (χ0v) is 17.9. The third-order valence-corrected chi connectivity index (χ3v) is 5.21. The molecule has 3 aromatic rings. The zero-order valence-electron chi connectivity index (χ0n) is 17.1. The molecule has 7 nitrogen and oxygen atoms in total. The zero-order chi connectivity index (χ0) is 21.6. The first-order valence-corrected chi connectivity index (χ1v) is 10.3. The van der Waals surface area contributed by atoms with Gasteiger partial charge in [-0.1, -0.05) is 23.7 Å². The van der Waals surface area contributed by atoms with Gasteiger partial charge in [-0.15, -0.1) is 0 Å². The van der Waals surface area contributed by atoms with Crippen LogP contribution in [0.4, 0.5) is 22.9 Å². The van der Waals surface area contributed by atoms with E-state index in [0.717, 1.165) is 24.5 Å². The Hall–Kier alpha value is -3.29. The number of morpholine rings is 1. The molecule has 2 N–H and O–H groups in total. The number of anilines is 4. The fourth-order valence-corrected chi connectivity index (χ4v) is 3.61. The van der Waals surface area contributed by atoms with Crippen LogP contribution >= 0.6 is 11.6 Å². The second-order valence-corrected chi connectivity index (χ2v) is 7.38. The number of rotatable bonds is 6. The van der Waals surface area contributed by atoms with E-state index < -0.39 is 0 Å². The highest BCUT2D eigenvalue weighted by atomic mass is 35.5. The molecule has 1 fully saturated rings. The molecule has 0 spiro atoms. The number of nitrogens with zero attached hydrogens (tertiary/aromatic N) is 2. The van der Waals surface area contributed by atoms with Gasteiger partial charge in [0.05, 0.1) is 42.9 Å². The standard InChI is InChI=1S/C23H23ClN4O3/c1-30-21-9-8-16(24)15-17(21)23(29)27-19-6-4-10-25-22(19)26-18-5-2-3-7-20(18)28-11-13-31-14-12-28/h2-10,15H,11-14H2,1H3,(H,25,26)(H,27,29). The maximum atomic E-state index is 12.9. The van der Waals surface area contributed by atoms with E-state index in [2.05, 4.69) is 26.6 Å². The summed E-state index contributed by atoms with van der Waals surface area (Å²) in [5.74, 6) is 0.646. The lowest BCUT2D eigenvalue weighted by Gasteiger charge is -2.30. The summed E-state index contributed by atoms with van der Waals surface area (Å²) in [7, 11) is 1.51. The van der Waals surface area contributed by atoms with Crippen molar-refractivity contribution in [2.45, 2.75) is 0 Å². The molecule has 0 saturated carbocycles. The molecule has 0 aliphatic carbocycles. The lowest BCUT2D eigenvalue weighted by Crippen LogP contribution is -2.36. The Bertz CT molecular complexity index is 1070. The second-order valence-electron chi connectivity index (χ2n) is 6.94. The Labute approximate surface area is 186 Å². The highest BCUT2D eigenvalue weighted by molar-refractivity contribution is 6.31. The summed E-state index contributed by atoms with van der Waals surface area (Å²) in [6, 6.07) is 16.5. The maximum absolute atomic E-state index is 12.9. The van der Waals surface area contributed by atoms with Crippen molar-refractivity contribution in [1.29, 1.82) is 0 Å². The molecule has 1 aliphatic rings. The largest absolute Gasteiger partial charge is 0.496 e. The van der Waals surface area contributed by atoms with E-state index in [1.54, 1.807) is 36.5 Å². The number of hydrogen-bond donors (Lipinski definition) is 2. The van der Waals surface area contributed by atoms with Crippen LogP contribution in [0.1, 0.15) is 10.4 Å². The van der Waals surface area contributed by atoms with Crippen LogP contribution < -0.4 is 20.3 Å². The molecule has 1 saturated heterocycles. The third kappa shape index (κ3) is 4.90. The topological polar surface area (TPSA) is 75.7 Å². The third-order valence-electron chi connectivity index (χ3n) is 4.97. The lowest BCUT2D eigenvalue weighted by atomic mass is 10.2. The first-order chi connectivity index (χ1) is 15.2. The maximum Gasteiger partial charge on any atom is 0.259 e. The Morgan fingerprint density at radius 1 is 1.10 bits per heavy atom. The van der Waals surface area contributed by atoms with Crippen molar-refractivity contribution in [3.05, 3.63) is 71.4 Å². The molecule has 31 heavy (non-hydrogen) atoms. The highest BCUT2D eigenvalue weighted by Gasteiger charge is 2.18. The molecule has 1 amide bonds. The van der Waals surface area contributed by atoms with Crippen LogP contribution in [0.2, 0.25) is 5.02 Å². The second kappa shape index (κ2) is 9.68. The van der Waals surface area contributed by atoms with E-state index >= 15 is 0 Å². The molecule has 1 aromatic heterocycles. The molecule has 160 valence electrons. The van der Waals surface area contributed by atoms with Crippen LogP contribution in [0.3, 0.4) is 0 Å². The first-order valence-electron chi connectivity index (χ1n) is 9.94.